The number of aliphatic hydroxyl groups excluding tert-OH is 2. The van der Waals surface area contributed by atoms with Crippen LogP contribution in [0.25, 0.3) is 0 Å². The van der Waals surface area contributed by atoms with Crippen molar-refractivity contribution in [3.8, 4) is 0 Å². The van der Waals surface area contributed by atoms with Gasteiger partial charge in [-0.2, -0.15) is 0 Å². The molecule has 94 valence electrons. The van der Waals surface area contributed by atoms with Gasteiger partial charge in [-0.25, -0.2) is 0 Å². The van der Waals surface area contributed by atoms with E-state index in [1.165, 1.54) is 0 Å². The molecular formula is C11H15BrN2O3. The fourth-order valence-electron chi connectivity index (χ4n) is 1.29. The number of hydrogen-bond donors (Lipinski definition) is 4. The predicted molar refractivity (Wildman–Crippen MR) is 67.2 cm³/mol. The molecular weight excluding hydrogens is 288 g/mol. The Morgan fingerprint density at radius 2 is 2.12 bits per heavy atom. The van der Waals surface area contributed by atoms with Gasteiger partial charge in [0.25, 0.3) is 0 Å². The largest absolute Gasteiger partial charge is 0.387 e. The van der Waals surface area contributed by atoms with E-state index in [2.05, 4.69) is 21.2 Å². The Labute approximate surface area is 108 Å². The van der Waals surface area contributed by atoms with Crippen LogP contribution in [0.2, 0.25) is 0 Å². The van der Waals surface area contributed by atoms with E-state index in [1.54, 1.807) is 12.1 Å². The number of hydrogen-bond acceptors (Lipinski definition) is 4. The molecule has 0 bridgehead atoms. The van der Waals surface area contributed by atoms with Crippen molar-refractivity contribution >= 4 is 21.8 Å². The first kappa shape index (κ1) is 14.1. The summed E-state index contributed by atoms with van der Waals surface area (Å²) >= 11 is 3.31. The first-order valence-corrected chi connectivity index (χ1v) is 5.91. The normalized spacial score (nSPS) is 14.3. The van der Waals surface area contributed by atoms with Crippen molar-refractivity contribution in [2.75, 3.05) is 13.1 Å². The number of halogens is 1. The lowest BCUT2D eigenvalue weighted by Gasteiger charge is -2.13. The molecule has 0 aliphatic rings. The second-order valence-corrected chi connectivity index (χ2v) is 4.56. The van der Waals surface area contributed by atoms with Crippen LogP contribution in [0, 0.1) is 0 Å². The zero-order valence-corrected chi connectivity index (χ0v) is 10.7. The highest BCUT2D eigenvalue weighted by atomic mass is 79.9. The van der Waals surface area contributed by atoms with E-state index >= 15 is 0 Å². The van der Waals surface area contributed by atoms with Crippen LogP contribution in [0.1, 0.15) is 11.7 Å². The van der Waals surface area contributed by atoms with Gasteiger partial charge in [-0.1, -0.05) is 28.1 Å². The average Bonchev–Trinajstić information content (AvgIpc) is 2.28. The standard InChI is InChI=1S/C11H15BrN2O3/c12-8-3-1-2-7(4-8)9(15)5-14-6-10(16)11(13)17/h1-4,9-10,14-16H,5-6H2,(H2,13,17). The smallest absolute Gasteiger partial charge is 0.247 e. The molecule has 1 amide bonds. The zero-order valence-electron chi connectivity index (χ0n) is 9.14. The molecule has 0 fully saturated rings. The van der Waals surface area contributed by atoms with Crippen molar-refractivity contribution in [3.63, 3.8) is 0 Å². The molecule has 1 aromatic carbocycles. The number of aliphatic hydroxyl groups is 2. The maximum absolute atomic E-state index is 10.6. The summed E-state index contributed by atoms with van der Waals surface area (Å²) in [7, 11) is 0. The molecule has 5 nitrogen and oxygen atoms in total. The summed E-state index contributed by atoms with van der Waals surface area (Å²) in [5, 5.41) is 21.7. The Bertz CT molecular complexity index is 387. The van der Waals surface area contributed by atoms with E-state index in [1.807, 2.05) is 12.1 Å². The summed E-state index contributed by atoms with van der Waals surface area (Å²) in [6, 6.07) is 7.28. The number of nitrogens with one attached hydrogen (secondary N) is 1. The lowest BCUT2D eigenvalue weighted by Crippen LogP contribution is -2.38. The molecule has 1 rings (SSSR count). The lowest BCUT2D eigenvalue weighted by molar-refractivity contribution is -0.125. The van der Waals surface area contributed by atoms with Gasteiger partial charge >= 0.3 is 0 Å². The monoisotopic (exact) mass is 302 g/mol. The summed E-state index contributed by atoms with van der Waals surface area (Å²) in [6.07, 6.45) is -1.93. The third kappa shape index (κ3) is 4.82. The number of benzene rings is 1. The van der Waals surface area contributed by atoms with Crippen LogP contribution in [0.3, 0.4) is 0 Å². The Balaban J connectivity index is 2.40. The second kappa shape index (κ2) is 6.70. The van der Waals surface area contributed by atoms with Crippen LogP contribution in [-0.2, 0) is 4.79 Å². The topological polar surface area (TPSA) is 95.6 Å². The van der Waals surface area contributed by atoms with Crippen LogP contribution in [-0.4, -0.2) is 35.3 Å². The molecule has 17 heavy (non-hydrogen) atoms. The van der Waals surface area contributed by atoms with Crippen molar-refractivity contribution < 1.29 is 15.0 Å². The van der Waals surface area contributed by atoms with E-state index in [0.29, 0.717) is 0 Å². The van der Waals surface area contributed by atoms with Gasteiger partial charge in [0.05, 0.1) is 6.10 Å². The molecule has 0 saturated heterocycles. The molecule has 0 radical (unpaired) electrons. The van der Waals surface area contributed by atoms with Crippen LogP contribution in [0.4, 0.5) is 0 Å². The molecule has 0 spiro atoms. The van der Waals surface area contributed by atoms with E-state index < -0.39 is 18.1 Å². The predicted octanol–water partition coefficient (Wildman–Crippen LogP) is -0.0817. The highest BCUT2D eigenvalue weighted by Crippen LogP contribution is 2.17. The van der Waals surface area contributed by atoms with Crippen LogP contribution >= 0.6 is 15.9 Å². The molecule has 0 aromatic heterocycles. The molecule has 0 saturated carbocycles. The maximum Gasteiger partial charge on any atom is 0.247 e. The number of rotatable bonds is 6. The highest BCUT2D eigenvalue weighted by molar-refractivity contribution is 9.10. The second-order valence-electron chi connectivity index (χ2n) is 3.65. The van der Waals surface area contributed by atoms with Crippen LogP contribution in [0.15, 0.2) is 28.7 Å². The lowest BCUT2D eigenvalue weighted by atomic mass is 10.1. The zero-order chi connectivity index (χ0) is 12.8. The third-order valence-electron chi connectivity index (χ3n) is 2.24. The molecule has 2 unspecified atom stereocenters. The minimum Gasteiger partial charge on any atom is -0.387 e. The number of carbonyl (C=O) groups excluding carboxylic acids is 1. The SMILES string of the molecule is NC(=O)C(O)CNCC(O)c1cccc(Br)c1. The number of primary amides is 1. The molecule has 0 aliphatic carbocycles. The van der Waals surface area contributed by atoms with Gasteiger partial charge < -0.3 is 21.3 Å². The van der Waals surface area contributed by atoms with Crippen molar-refractivity contribution in [2.45, 2.75) is 12.2 Å². The van der Waals surface area contributed by atoms with E-state index in [0.717, 1.165) is 10.0 Å². The quantitative estimate of drug-likeness (QED) is 0.591. The minimum absolute atomic E-state index is 0.0282. The summed E-state index contributed by atoms with van der Waals surface area (Å²) in [6.45, 7) is 0.265. The summed E-state index contributed by atoms with van der Waals surface area (Å²) in [5.41, 5.74) is 5.64. The number of nitrogens with two attached hydrogens (primary N) is 1. The van der Waals surface area contributed by atoms with Crippen molar-refractivity contribution in [1.82, 2.24) is 5.32 Å². The fraction of sp³-hybridized carbons (Fsp3) is 0.364. The number of carbonyl (C=O) groups is 1. The first-order valence-electron chi connectivity index (χ1n) is 5.12. The van der Waals surface area contributed by atoms with Gasteiger partial charge in [-0.15, -0.1) is 0 Å². The Hall–Kier alpha value is -0.950. The molecule has 6 heteroatoms. The van der Waals surface area contributed by atoms with Crippen molar-refractivity contribution in [2.24, 2.45) is 5.73 Å². The van der Waals surface area contributed by atoms with Gasteiger partial charge in [0.2, 0.25) is 5.91 Å². The molecule has 5 N–H and O–H groups in total. The Kier molecular flexibility index (Phi) is 5.57. The van der Waals surface area contributed by atoms with E-state index in [9.17, 15) is 9.90 Å². The molecule has 2 atom stereocenters. The van der Waals surface area contributed by atoms with Gasteiger partial charge in [0, 0.05) is 17.6 Å². The summed E-state index contributed by atoms with van der Waals surface area (Å²) in [5.74, 6) is -0.783. The van der Waals surface area contributed by atoms with Gasteiger partial charge in [-0.05, 0) is 17.7 Å². The van der Waals surface area contributed by atoms with Gasteiger partial charge in [0.1, 0.15) is 6.10 Å². The Morgan fingerprint density at radius 3 is 2.71 bits per heavy atom. The van der Waals surface area contributed by atoms with Crippen LogP contribution < -0.4 is 11.1 Å². The van der Waals surface area contributed by atoms with Crippen molar-refractivity contribution in [3.05, 3.63) is 34.3 Å². The molecule has 0 heterocycles. The molecule has 1 aromatic rings. The van der Waals surface area contributed by atoms with Gasteiger partial charge in [-0.3, -0.25) is 4.79 Å². The van der Waals surface area contributed by atoms with E-state index in [4.69, 9.17) is 10.8 Å². The highest BCUT2D eigenvalue weighted by Gasteiger charge is 2.12. The fourth-order valence-corrected chi connectivity index (χ4v) is 1.71. The van der Waals surface area contributed by atoms with E-state index in [-0.39, 0.29) is 13.1 Å². The number of amides is 1. The first-order chi connectivity index (χ1) is 8.00. The third-order valence-corrected chi connectivity index (χ3v) is 2.73. The van der Waals surface area contributed by atoms with Crippen LogP contribution in [0.5, 0.6) is 0 Å². The average molecular weight is 303 g/mol. The molecule has 0 aliphatic heterocycles. The summed E-state index contributed by atoms with van der Waals surface area (Å²) in [4.78, 5) is 10.6. The maximum atomic E-state index is 10.6. The Morgan fingerprint density at radius 1 is 1.41 bits per heavy atom. The summed E-state index contributed by atoms with van der Waals surface area (Å²) < 4.78 is 0.881. The van der Waals surface area contributed by atoms with Crippen molar-refractivity contribution in [1.29, 1.82) is 0 Å². The van der Waals surface area contributed by atoms with Gasteiger partial charge in [0.15, 0.2) is 0 Å². The minimum atomic E-state index is -1.23.